The zero-order valence-electron chi connectivity index (χ0n) is 12.2. The zero-order chi connectivity index (χ0) is 16.3. The molecule has 3 N–H and O–H groups in total. The van der Waals surface area contributed by atoms with Gasteiger partial charge in [-0.3, -0.25) is 14.2 Å². The maximum Gasteiger partial charge on any atom is 0.349 e. The van der Waals surface area contributed by atoms with Gasteiger partial charge in [-0.05, 0) is 6.92 Å². The van der Waals surface area contributed by atoms with E-state index in [0.29, 0.717) is 5.82 Å². The summed E-state index contributed by atoms with van der Waals surface area (Å²) in [6.45, 7) is 1.33. The minimum Gasteiger partial charge on any atom is -0.371 e. The van der Waals surface area contributed by atoms with E-state index in [9.17, 15) is 19.3 Å². The van der Waals surface area contributed by atoms with Crippen LogP contribution in [0.5, 0.6) is 0 Å². The topological polar surface area (TPSA) is 118 Å². The number of carbonyl (C=O) groups is 2. The van der Waals surface area contributed by atoms with E-state index in [2.05, 4.69) is 0 Å². The predicted molar refractivity (Wildman–Crippen MR) is 72.8 cm³/mol. The van der Waals surface area contributed by atoms with E-state index >= 15 is 0 Å². The molecule has 0 heterocycles. The molecule has 0 rings (SSSR count). The minimum absolute atomic E-state index is 0.0474. The van der Waals surface area contributed by atoms with Crippen LogP contribution in [0.15, 0.2) is 11.4 Å². The Labute approximate surface area is 117 Å². The van der Waals surface area contributed by atoms with Crippen LogP contribution in [0, 0.1) is 0 Å². The van der Waals surface area contributed by atoms with Gasteiger partial charge in [0.25, 0.3) is 11.8 Å². The fraction of sp³-hybridized carbons (Fsp3) is 0.636. The van der Waals surface area contributed by atoms with Gasteiger partial charge >= 0.3 is 7.60 Å². The summed E-state index contributed by atoms with van der Waals surface area (Å²) in [5.41, 5.74) is -2.34. The normalized spacial score (nSPS) is 13.1. The first-order valence-electron chi connectivity index (χ1n) is 5.70. The molecule has 20 heavy (non-hydrogen) atoms. The summed E-state index contributed by atoms with van der Waals surface area (Å²) < 4.78 is 10.9. The number of rotatable bonds is 5. The van der Waals surface area contributed by atoms with Gasteiger partial charge in [-0.15, -0.1) is 0 Å². The highest BCUT2D eigenvalue weighted by atomic mass is 31.2. The van der Waals surface area contributed by atoms with Gasteiger partial charge in [0.2, 0.25) is 5.60 Å². The Morgan fingerprint density at radius 1 is 1.10 bits per heavy atom. The fourth-order valence-electron chi connectivity index (χ4n) is 1.72. The monoisotopic (exact) mass is 308 g/mol. The summed E-state index contributed by atoms with van der Waals surface area (Å²) in [6.07, 6.45) is -0.494. The summed E-state index contributed by atoms with van der Waals surface area (Å²) in [5, 5.41) is 10.4. The second kappa shape index (κ2) is 6.49. The zero-order valence-corrected chi connectivity index (χ0v) is 13.1. The van der Waals surface area contributed by atoms with Crippen LogP contribution in [0.25, 0.3) is 0 Å². The van der Waals surface area contributed by atoms with Gasteiger partial charge in [0, 0.05) is 40.4 Å². The number of hydrogen-bond donors (Lipinski definition) is 3. The molecule has 0 saturated carbocycles. The molecule has 116 valence electrons. The van der Waals surface area contributed by atoms with Gasteiger partial charge in [0.15, 0.2) is 0 Å². The quantitative estimate of drug-likeness (QED) is 0.459. The van der Waals surface area contributed by atoms with Crippen LogP contribution >= 0.6 is 7.60 Å². The van der Waals surface area contributed by atoms with Crippen LogP contribution in [0.2, 0.25) is 0 Å². The van der Waals surface area contributed by atoms with Crippen LogP contribution in [0.3, 0.4) is 0 Å². The summed E-state index contributed by atoms with van der Waals surface area (Å²) >= 11 is 0. The number of likely N-dealkylation sites (N-methyl/N-ethyl adjacent to an activating group) is 2. The standard InChI is InChI=1S/C11H21N2O6P/c1-8(7-20(17,18)19)6-11(16,9(14)12(2)3)10(15)13(4)5/h7,16H,6H2,1-5H3,(H2,17,18,19)/b8-7+. The van der Waals surface area contributed by atoms with E-state index < -0.39 is 31.4 Å². The number of aliphatic hydroxyl groups is 1. The molecule has 0 aromatic rings. The minimum atomic E-state index is -4.44. The number of nitrogens with zero attached hydrogens (tertiary/aromatic N) is 2. The first-order chi connectivity index (χ1) is 8.81. The van der Waals surface area contributed by atoms with Crippen molar-refractivity contribution in [1.29, 1.82) is 0 Å². The molecule has 8 nitrogen and oxygen atoms in total. The molecule has 0 aliphatic heterocycles. The average Bonchev–Trinajstić information content (AvgIpc) is 2.23. The van der Waals surface area contributed by atoms with Gasteiger partial charge < -0.3 is 24.7 Å². The first kappa shape index (κ1) is 18.8. The summed E-state index contributed by atoms with van der Waals surface area (Å²) in [6, 6.07) is 0. The van der Waals surface area contributed by atoms with Crippen molar-refractivity contribution in [3.05, 3.63) is 11.4 Å². The van der Waals surface area contributed by atoms with E-state index in [0.717, 1.165) is 9.80 Å². The molecule has 0 aliphatic rings. The molecular weight excluding hydrogens is 287 g/mol. The lowest BCUT2D eigenvalue weighted by Crippen LogP contribution is -2.56. The van der Waals surface area contributed by atoms with Crippen molar-refractivity contribution in [2.45, 2.75) is 18.9 Å². The summed E-state index contributed by atoms with van der Waals surface area (Å²) in [7, 11) is 1.05. The van der Waals surface area contributed by atoms with Crippen LogP contribution in [-0.4, -0.2) is 70.3 Å². The van der Waals surface area contributed by atoms with Crippen molar-refractivity contribution >= 4 is 19.4 Å². The van der Waals surface area contributed by atoms with Crippen molar-refractivity contribution in [1.82, 2.24) is 9.80 Å². The molecule has 0 bridgehead atoms. The maximum atomic E-state index is 12.0. The lowest BCUT2D eigenvalue weighted by Gasteiger charge is -2.31. The highest BCUT2D eigenvalue weighted by molar-refractivity contribution is 7.55. The highest BCUT2D eigenvalue weighted by Crippen LogP contribution is 2.39. The number of carbonyl (C=O) groups excluding carboxylic acids is 2. The van der Waals surface area contributed by atoms with Crippen molar-refractivity contribution < 1.29 is 29.0 Å². The maximum absolute atomic E-state index is 12.0. The van der Waals surface area contributed by atoms with E-state index in [1.54, 1.807) is 0 Å². The average molecular weight is 308 g/mol. The van der Waals surface area contributed by atoms with Gasteiger partial charge in [-0.2, -0.15) is 0 Å². The molecule has 0 aromatic carbocycles. The van der Waals surface area contributed by atoms with Crippen molar-refractivity contribution in [2.24, 2.45) is 0 Å². The van der Waals surface area contributed by atoms with Gasteiger partial charge in [-0.1, -0.05) is 5.57 Å². The Balaban J connectivity index is 5.59. The molecule has 0 unspecified atom stereocenters. The van der Waals surface area contributed by atoms with Gasteiger partial charge in [-0.25, -0.2) is 0 Å². The Morgan fingerprint density at radius 3 is 1.70 bits per heavy atom. The summed E-state index contributed by atoms with van der Waals surface area (Å²) in [5.74, 6) is -1.08. The van der Waals surface area contributed by atoms with Gasteiger partial charge in [0.1, 0.15) is 0 Å². The molecule has 9 heteroatoms. The largest absolute Gasteiger partial charge is 0.371 e. The third-order valence-electron chi connectivity index (χ3n) is 2.44. The molecule has 0 saturated heterocycles. The van der Waals surface area contributed by atoms with Crippen LogP contribution in [0.1, 0.15) is 13.3 Å². The van der Waals surface area contributed by atoms with Gasteiger partial charge in [0.05, 0.1) is 0 Å². The number of hydrogen-bond acceptors (Lipinski definition) is 4. The second-order valence-electron chi connectivity index (χ2n) is 5.00. The third kappa shape index (κ3) is 5.05. The van der Waals surface area contributed by atoms with Crippen LogP contribution in [-0.2, 0) is 14.2 Å². The Morgan fingerprint density at radius 2 is 1.45 bits per heavy atom. The fourth-order valence-corrected chi connectivity index (χ4v) is 2.38. The van der Waals surface area contributed by atoms with E-state index in [4.69, 9.17) is 9.79 Å². The van der Waals surface area contributed by atoms with Crippen LogP contribution < -0.4 is 0 Å². The second-order valence-corrected chi connectivity index (χ2v) is 6.44. The highest BCUT2D eigenvalue weighted by Gasteiger charge is 2.46. The molecule has 0 atom stereocenters. The van der Waals surface area contributed by atoms with E-state index in [-0.39, 0.29) is 5.57 Å². The lowest BCUT2D eigenvalue weighted by atomic mass is 9.92. The first-order valence-corrected chi connectivity index (χ1v) is 7.39. The predicted octanol–water partition coefficient (Wildman–Crippen LogP) is -0.635. The molecule has 2 amide bonds. The third-order valence-corrected chi connectivity index (χ3v) is 3.22. The summed E-state index contributed by atoms with van der Waals surface area (Å²) in [4.78, 5) is 43.8. The number of amides is 2. The lowest BCUT2D eigenvalue weighted by molar-refractivity contribution is -0.164. The van der Waals surface area contributed by atoms with Crippen molar-refractivity contribution in [2.75, 3.05) is 28.2 Å². The molecule has 0 aromatic heterocycles. The van der Waals surface area contributed by atoms with Crippen molar-refractivity contribution in [3.8, 4) is 0 Å². The Bertz CT molecular complexity index is 446. The molecule has 0 aliphatic carbocycles. The Kier molecular flexibility index (Phi) is 6.10. The van der Waals surface area contributed by atoms with E-state index in [1.807, 2.05) is 0 Å². The van der Waals surface area contributed by atoms with Crippen molar-refractivity contribution in [3.63, 3.8) is 0 Å². The SMILES string of the molecule is C/C(=C\P(=O)(O)O)CC(O)(C(=O)N(C)C)C(=O)N(C)C. The van der Waals surface area contributed by atoms with E-state index in [1.165, 1.54) is 35.1 Å². The smallest absolute Gasteiger partial charge is 0.349 e. The molecule has 0 radical (unpaired) electrons. The molecular formula is C11H21N2O6P. The molecule has 0 fully saturated rings. The van der Waals surface area contributed by atoms with Crippen LogP contribution in [0.4, 0.5) is 0 Å². The Hall–Kier alpha value is -1.21. The molecule has 0 spiro atoms.